The summed E-state index contributed by atoms with van der Waals surface area (Å²) in [5, 5.41) is 11.1. The Morgan fingerprint density at radius 3 is 3.05 bits per heavy atom. The summed E-state index contributed by atoms with van der Waals surface area (Å²) in [6.45, 7) is 6.09. The number of aliphatic hydroxyl groups is 1. The largest absolute Gasteiger partial charge is 0.489 e. The number of fused-ring (bicyclic) bond motifs is 1. The van der Waals surface area contributed by atoms with Crippen LogP contribution in [0, 0.1) is 0 Å². The summed E-state index contributed by atoms with van der Waals surface area (Å²) in [5.74, 6) is 0.748. The maximum atomic E-state index is 11.1. The topological polar surface area (TPSA) is 45.6 Å². The first kappa shape index (κ1) is 12.9. The number of pyridine rings is 1. The molecule has 2 saturated heterocycles. The van der Waals surface area contributed by atoms with Gasteiger partial charge in [-0.15, -0.1) is 0 Å². The lowest BCUT2D eigenvalue weighted by Gasteiger charge is -2.30. The second-order valence-corrected chi connectivity index (χ2v) is 5.94. The molecule has 0 saturated carbocycles. The van der Waals surface area contributed by atoms with E-state index in [-0.39, 0.29) is 12.1 Å². The molecule has 1 N–H and O–H groups in total. The second-order valence-electron chi connectivity index (χ2n) is 5.94. The molecule has 2 aliphatic rings. The Labute approximate surface area is 114 Å². The van der Waals surface area contributed by atoms with Gasteiger partial charge < -0.3 is 9.84 Å². The fourth-order valence-corrected chi connectivity index (χ4v) is 3.44. The smallest absolute Gasteiger partial charge is 0.138 e. The summed E-state index contributed by atoms with van der Waals surface area (Å²) in [7, 11) is 0. The van der Waals surface area contributed by atoms with Crippen LogP contribution < -0.4 is 4.74 Å². The van der Waals surface area contributed by atoms with Gasteiger partial charge in [0.15, 0.2) is 0 Å². The Bertz CT molecular complexity index is 463. The van der Waals surface area contributed by atoms with Crippen LogP contribution in [0.5, 0.6) is 5.75 Å². The molecular weight excluding hydrogens is 240 g/mol. The maximum Gasteiger partial charge on any atom is 0.138 e. The van der Waals surface area contributed by atoms with E-state index < -0.39 is 5.60 Å². The molecule has 4 heteroatoms. The Kier molecular flexibility index (Phi) is 3.23. The summed E-state index contributed by atoms with van der Waals surface area (Å²) in [6, 6.07) is 2.21. The Morgan fingerprint density at radius 1 is 1.42 bits per heavy atom. The van der Waals surface area contributed by atoms with Gasteiger partial charge in [0.25, 0.3) is 0 Å². The molecule has 0 bridgehead atoms. The van der Waals surface area contributed by atoms with Crippen LogP contribution in [-0.4, -0.2) is 40.2 Å². The van der Waals surface area contributed by atoms with Crippen LogP contribution in [-0.2, 0) is 5.60 Å². The van der Waals surface area contributed by atoms with Crippen LogP contribution in [0.25, 0.3) is 0 Å². The molecule has 2 unspecified atom stereocenters. The van der Waals surface area contributed by atoms with Gasteiger partial charge in [-0.1, -0.05) is 0 Å². The highest BCUT2D eigenvalue weighted by molar-refractivity contribution is 5.31. The van der Waals surface area contributed by atoms with Gasteiger partial charge in [-0.25, -0.2) is 0 Å². The molecule has 2 fully saturated rings. The van der Waals surface area contributed by atoms with Crippen molar-refractivity contribution in [3.63, 3.8) is 0 Å². The lowest BCUT2D eigenvalue weighted by atomic mass is 9.86. The number of hydrogen-bond donors (Lipinski definition) is 1. The Hall–Kier alpha value is -1.13. The van der Waals surface area contributed by atoms with Crippen molar-refractivity contribution in [2.45, 2.75) is 50.9 Å². The van der Waals surface area contributed by atoms with Crippen molar-refractivity contribution in [1.82, 2.24) is 9.88 Å². The van der Waals surface area contributed by atoms with E-state index in [4.69, 9.17) is 4.74 Å². The van der Waals surface area contributed by atoms with Gasteiger partial charge >= 0.3 is 0 Å². The Morgan fingerprint density at radius 2 is 2.26 bits per heavy atom. The molecule has 19 heavy (non-hydrogen) atoms. The van der Waals surface area contributed by atoms with Gasteiger partial charge in [0.2, 0.25) is 0 Å². The minimum atomic E-state index is -0.750. The van der Waals surface area contributed by atoms with Crippen LogP contribution >= 0.6 is 0 Å². The first-order valence-electron chi connectivity index (χ1n) is 7.18. The lowest BCUT2D eigenvalue weighted by molar-refractivity contribution is 0.00877. The molecule has 3 heterocycles. The molecular formula is C15H22N2O2. The molecule has 0 aliphatic carbocycles. The van der Waals surface area contributed by atoms with E-state index in [9.17, 15) is 5.11 Å². The van der Waals surface area contributed by atoms with Crippen molar-refractivity contribution in [2.24, 2.45) is 0 Å². The van der Waals surface area contributed by atoms with Crippen LogP contribution in [0.2, 0.25) is 0 Å². The minimum absolute atomic E-state index is 0.123. The third kappa shape index (κ3) is 2.23. The molecule has 0 amide bonds. The second kappa shape index (κ2) is 4.76. The predicted octanol–water partition coefficient (Wildman–Crippen LogP) is 1.92. The zero-order valence-corrected chi connectivity index (χ0v) is 11.7. The molecule has 0 radical (unpaired) electrons. The lowest BCUT2D eigenvalue weighted by Crippen LogP contribution is -2.38. The third-order valence-corrected chi connectivity index (χ3v) is 4.28. The van der Waals surface area contributed by atoms with Crippen molar-refractivity contribution >= 4 is 0 Å². The van der Waals surface area contributed by atoms with E-state index in [0.717, 1.165) is 37.2 Å². The van der Waals surface area contributed by atoms with Gasteiger partial charge in [-0.05, 0) is 45.7 Å². The highest BCUT2D eigenvalue weighted by Crippen LogP contribution is 2.43. The fourth-order valence-electron chi connectivity index (χ4n) is 3.44. The molecule has 0 aromatic carbocycles. The van der Waals surface area contributed by atoms with E-state index in [1.807, 2.05) is 19.9 Å². The average molecular weight is 262 g/mol. The van der Waals surface area contributed by atoms with E-state index in [1.165, 1.54) is 6.42 Å². The molecule has 1 aromatic rings. The normalized spacial score (nSPS) is 30.8. The van der Waals surface area contributed by atoms with E-state index in [1.54, 1.807) is 12.4 Å². The van der Waals surface area contributed by atoms with Crippen LogP contribution in [0.3, 0.4) is 0 Å². The monoisotopic (exact) mass is 262 g/mol. The van der Waals surface area contributed by atoms with Gasteiger partial charge in [0.05, 0.1) is 12.3 Å². The third-order valence-electron chi connectivity index (χ3n) is 4.28. The zero-order valence-electron chi connectivity index (χ0n) is 11.7. The SMILES string of the molecule is CC(C)Oc1cncc(C2(O)CCN3CCCC32)c1. The highest BCUT2D eigenvalue weighted by atomic mass is 16.5. The van der Waals surface area contributed by atoms with Crippen molar-refractivity contribution in [1.29, 1.82) is 0 Å². The van der Waals surface area contributed by atoms with Crippen molar-refractivity contribution in [3.05, 3.63) is 24.0 Å². The summed E-state index contributed by atoms with van der Waals surface area (Å²) in [4.78, 5) is 6.64. The summed E-state index contributed by atoms with van der Waals surface area (Å²) >= 11 is 0. The number of nitrogens with zero attached hydrogens (tertiary/aromatic N) is 2. The number of aromatic nitrogens is 1. The standard InChI is InChI=1S/C15H22N2O2/c1-11(2)19-13-8-12(9-16-10-13)15(18)5-7-17-6-3-4-14(15)17/h8-11,14,18H,3-7H2,1-2H3. The minimum Gasteiger partial charge on any atom is -0.489 e. The summed E-state index contributed by atoms with van der Waals surface area (Å²) in [6.07, 6.45) is 6.68. The van der Waals surface area contributed by atoms with Gasteiger partial charge in [0.1, 0.15) is 11.4 Å². The predicted molar refractivity (Wildman–Crippen MR) is 73.1 cm³/mol. The quantitative estimate of drug-likeness (QED) is 0.904. The van der Waals surface area contributed by atoms with Crippen LogP contribution in [0.15, 0.2) is 18.5 Å². The molecule has 0 spiro atoms. The maximum absolute atomic E-state index is 11.1. The number of ether oxygens (including phenoxy) is 1. The number of rotatable bonds is 3. The van der Waals surface area contributed by atoms with Gasteiger partial charge in [-0.3, -0.25) is 9.88 Å². The van der Waals surface area contributed by atoms with Crippen LogP contribution in [0.4, 0.5) is 0 Å². The fraction of sp³-hybridized carbons (Fsp3) is 0.667. The van der Waals surface area contributed by atoms with Crippen molar-refractivity contribution in [3.8, 4) is 5.75 Å². The molecule has 3 rings (SSSR count). The molecule has 2 aliphatic heterocycles. The molecule has 1 aromatic heterocycles. The van der Waals surface area contributed by atoms with Gasteiger partial charge in [0, 0.05) is 24.3 Å². The van der Waals surface area contributed by atoms with Crippen LogP contribution in [0.1, 0.15) is 38.7 Å². The van der Waals surface area contributed by atoms with Crippen molar-refractivity contribution < 1.29 is 9.84 Å². The average Bonchev–Trinajstić information content (AvgIpc) is 2.94. The molecule has 2 atom stereocenters. The molecule has 4 nitrogen and oxygen atoms in total. The highest BCUT2D eigenvalue weighted by Gasteiger charge is 2.49. The van der Waals surface area contributed by atoms with Crippen molar-refractivity contribution in [2.75, 3.05) is 13.1 Å². The van der Waals surface area contributed by atoms with E-state index in [0.29, 0.717) is 0 Å². The first-order valence-corrected chi connectivity index (χ1v) is 7.18. The summed E-state index contributed by atoms with van der Waals surface area (Å²) in [5.41, 5.74) is 0.153. The van der Waals surface area contributed by atoms with E-state index >= 15 is 0 Å². The summed E-state index contributed by atoms with van der Waals surface area (Å²) < 4.78 is 5.68. The van der Waals surface area contributed by atoms with Gasteiger partial charge in [-0.2, -0.15) is 0 Å². The van der Waals surface area contributed by atoms with E-state index in [2.05, 4.69) is 9.88 Å². The zero-order chi connectivity index (χ0) is 13.5. The Balaban J connectivity index is 1.88. The molecule has 104 valence electrons. The first-order chi connectivity index (χ1) is 9.09. The number of hydrogen-bond acceptors (Lipinski definition) is 4.